The molecule has 4 nitrogen and oxygen atoms in total. The molecule has 0 unspecified atom stereocenters. The summed E-state index contributed by atoms with van der Waals surface area (Å²) in [5, 5.41) is 15.0. The molecule has 0 aromatic heterocycles. The van der Waals surface area contributed by atoms with Crippen LogP contribution in [-0.2, 0) is 31.0 Å². The maximum atomic E-state index is 9.12. The zero-order valence-corrected chi connectivity index (χ0v) is 6.17. The van der Waals surface area contributed by atoms with Gasteiger partial charge < -0.3 is 16.4 Å². The second kappa shape index (κ2) is 9.55. The third-order valence-corrected chi connectivity index (χ3v) is 0.135. The molecule has 0 saturated carbocycles. The molecule has 0 fully saturated rings. The minimum atomic E-state index is -1.19. The summed E-state index contributed by atoms with van der Waals surface area (Å²) in [6.07, 6.45) is 0. The van der Waals surface area contributed by atoms with E-state index in [-0.39, 0.29) is 32.4 Å². The van der Waals surface area contributed by atoms with Crippen molar-refractivity contribution in [2.75, 3.05) is 6.61 Å². The molecular formula is C2H7NO3Zr. The molecule has 5 heteroatoms. The van der Waals surface area contributed by atoms with Crippen molar-refractivity contribution in [2.45, 2.75) is 0 Å². The van der Waals surface area contributed by atoms with Crippen LogP contribution in [0.4, 0.5) is 0 Å². The van der Waals surface area contributed by atoms with E-state index < -0.39 is 12.6 Å². The van der Waals surface area contributed by atoms with Gasteiger partial charge in [0.1, 0.15) is 6.61 Å². The first kappa shape index (κ1) is 15.7. The summed E-state index contributed by atoms with van der Waals surface area (Å²) in [7, 11) is 0. The first-order valence-corrected chi connectivity index (χ1v) is 1.10. The Morgan fingerprint density at radius 1 is 1.57 bits per heavy atom. The number of rotatable bonds is 1. The van der Waals surface area contributed by atoms with Gasteiger partial charge in [0, 0.05) is 26.2 Å². The molecule has 0 saturated heterocycles. The molecule has 0 heterocycles. The first-order chi connectivity index (χ1) is 2.27. The van der Waals surface area contributed by atoms with Crippen molar-refractivity contribution >= 4 is 5.97 Å². The first-order valence-electron chi connectivity index (χ1n) is 1.10. The molecule has 0 aliphatic heterocycles. The fourth-order valence-corrected chi connectivity index (χ4v) is 0. The van der Waals surface area contributed by atoms with Crippen molar-refractivity contribution in [1.82, 2.24) is 6.15 Å². The van der Waals surface area contributed by atoms with Gasteiger partial charge in [-0.25, -0.2) is 4.79 Å². The van der Waals surface area contributed by atoms with E-state index in [1.54, 1.807) is 0 Å². The van der Waals surface area contributed by atoms with Crippen LogP contribution >= 0.6 is 0 Å². The molecule has 42 valence electrons. The molecule has 7 heavy (non-hydrogen) atoms. The van der Waals surface area contributed by atoms with Crippen LogP contribution in [0.2, 0.25) is 0 Å². The molecule has 0 rings (SSSR count). The number of carbonyl (C=O) groups is 1. The van der Waals surface area contributed by atoms with Crippen molar-refractivity contribution in [3.8, 4) is 0 Å². The molecule has 0 bridgehead atoms. The second-order valence-corrected chi connectivity index (χ2v) is 0.552. The van der Waals surface area contributed by atoms with Gasteiger partial charge in [-0.2, -0.15) is 0 Å². The van der Waals surface area contributed by atoms with Crippen LogP contribution in [0.15, 0.2) is 0 Å². The number of aliphatic hydroxyl groups excluding tert-OH is 1. The molecule has 5 N–H and O–H groups in total. The zero-order chi connectivity index (χ0) is 4.28. The SMILES string of the molecule is N.O=C(O)CO.[Zr]. The van der Waals surface area contributed by atoms with Gasteiger partial charge >= 0.3 is 5.97 Å². The summed E-state index contributed by atoms with van der Waals surface area (Å²) in [6.45, 7) is -0.778. The fraction of sp³-hybridized carbons (Fsp3) is 0.500. The normalized spacial score (nSPS) is 5.29. The quantitative estimate of drug-likeness (QED) is 0.498. The van der Waals surface area contributed by atoms with Crippen molar-refractivity contribution in [3.63, 3.8) is 0 Å². The Morgan fingerprint density at radius 3 is 1.71 bits per heavy atom. The van der Waals surface area contributed by atoms with Crippen LogP contribution in [0.25, 0.3) is 0 Å². The fourth-order valence-electron chi connectivity index (χ4n) is 0. The molecule has 0 radical (unpaired) electrons. The average molecular weight is 184 g/mol. The number of aliphatic hydroxyl groups is 1. The van der Waals surface area contributed by atoms with Gasteiger partial charge in [0.15, 0.2) is 0 Å². The smallest absolute Gasteiger partial charge is 0.329 e. The monoisotopic (exact) mass is 183 g/mol. The Hall–Kier alpha value is 0.273. The summed E-state index contributed by atoms with van der Waals surface area (Å²) in [5.74, 6) is -1.19. The molecule has 0 aliphatic carbocycles. The number of hydrogen-bond acceptors (Lipinski definition) is 3. The number of carboxylic acid groups (broad SMARTS) is 1. The predicted molar refractivity (Wildman–Crippen MR) is 19.7 cm³/mol. The Morgan fingerprint density at radius 2 is 1.71 bits per heavy atom. The Labute approximate surface area is 60.2 Å². The van der Waals surface area contributed by atoms with Crippen LogP contribution in [0, 0.1) is 0 Å². The summed E-state index contributed by atoms with van der Waals surface area (Å²) in [6, 6.07) is 0. The van der Waals surface area contributed by atoms with Crippen LogP contribution in [0.5, 0.6) is 0 Å². The summed E-state index contributed by atoms with van der Waals surface area (Å²) in [4.78, 5) is 9.12. The van der Waals surface area contributed by atoms with E-state index in [0.717, 1.165) is 0 Å². The Kier molecular flexibility index (Phi) is 21.4. The maximum Gasteiger partial charge on any atom is 0.329 e. The van der Waals surface area contributed by atoms with E-state index in [9.17, 15) is 0 Å². The number of hydrogen-bond donors (Lipinski definition) is 3. The number of carboxylic acids is 1. The van der Waals surface area contributed by atoms with E-state index in [0.29, 0.717) is 0 Å². The maximum absolute atomic E-state index is 9.12. The molecule has 0 aromatic rings. The van der Waals surface area contributed by atoms with E-state index in [4.69, 9.17) is 15.0 Å². The van der Waals surface area contributed by atoms with Crippen molar-refractivity contribution in [1.29, 1.82) is 0 Å². The third-order valence-electron chi connectivity index (χ3n) is 0.135. The topological polar surface area (TPSA) is 92.5 Å². The van der Waals surface area contributed by atoms with Gasteiger partial charge in [-0.1, -0.05) is 0 Å². The second-order valence-electron chi connectivity index (χ2n) is 0.552. The summed E-state index contributed by atoms with van der Waals surface area (Å²) < 4.78 is 0. The molecule has 0 aromatic carbocycles. The zero-order valence-electron chi connectivity index (χ0n) is 3.72. The standard InChI is InChI=1S/C2H4O3.H3N.Zr/c3-1-2(4)5;;/h3H,1H2,(H,4,5);1H3;. The van der Waals surface area contributed by atoms with Gasteiger partial charge in [0.25, 0.3) is 0 Å². The van der Waals surface area contributed by atoms with Crippen LogP contribution in [0.3, 0.4) is 0 Å². The predicted octanol–water partition coefficient (Wildman–Crippen LogP) is -0.777. The van der Waals surface area contributed by atoms with Crippen molar-refractivity contribution in [2.24, 2.45) is 0 Å². The van der Waals surface area contributed by atoms with Gasteiger partial charge in [-0.3, -0.25) is 0 Å². The Balaban J connectivity index is -0.0000000800. The molecule has 0 amide bonds. The van der Waals surface area contributed by atoms with Crippen LogP contribution in [0.1, 0.15) is 0 Å². The third kappa shape index (κ3) is 22.2. The van der Waals surface area contributed by atoms with E-state index in [1.807, 2.05) is 0 Å². The van der Waals surface area contributed by atoms with E-state index >= 15 is 0 Å². The van der Waals surface area contributed by atoms with E-state index in [1.165, 1.54) is 0 Å². The minimum Gasteiger partial charge on any atom is -0.480 e. The van der Waals surface area contributed by atoms with Gasteiger partial charge in [-0.15, -0.1) is 0 Å². The van der Waals surface area contributed by atoms with Crippen LogP contribution in [-0.4, -0.2) is 22.8 Å². The van der Waals surface area contributed by atoms with Crippen molar-refractivity contribution < 1.29 is 41.2 Å². The Bertz CT molecular complexity index is 48.2. The summed E-state index contributed by atoms with van der Waals surface area (Å²) in [5.41, 5.74) is 0. The molecule has 0 aliphatic rings. The van der Waals surface area contributed by atoms with Crippen LogP contribution < -0.4 is 6.15 Å². The molecular weight excluding hydrogens is 177 g/mol. The van der Waals surface area contributed by atoms with Gasteiger partial charge in [-0.05, 0) is 0 Å². The molecule has 0 atom stereocenters. The summed E-state index contributed by atoms with van der Waals surface area (Å²) >= 11 is 0. The largest absolute Gasteiger partial charge is 0.480 e. The van der Waals surface area contributed by atoms with E-state index in [2.05, 4.69) is 0 Å². The molecule has 0 spiro atoms. The number of aliphatic carboxylic acids is 1. The average Bonchev–Trinajstić information content (AvgIpc) is 1.38. The van der Waals surface area contributed by atoms with Gasteiger partial charge in [0.2, 0.25) is 0 Å². The van der Waals surface area contributed by atoms with Gasteiger partial charge in [0.05, 0.1) is 0 Å². The van der Waals surface area contributed by atoms with Crippen molar-refractivity contribution in [3.05, 3.63) is 0 Å². The minimum absolute atomic E-state index is 0.